The van der Waals surface area contributed by atoms with Crippen molar-refractivity contribution in [3.63, 3.8) is 0 Å². The first-order valence-corrected chi connectivity index (χ1v) is 9.49. The first kappa shape index (κ1) is 17.0. The van der Waals surface area contributed by atoms with E-state index in [2.05, 4.69) is 21.2 Å². The van der Waals surface area contributed by atoms with E-state index in [0.717, 1.165) is 5.56 Å². The van der Waals surface area contributed by atoms with E-state index in [1.54, 1.807) is 0 Å². The van der Waals surface area contributed by atoms with Crippen molar-refractivity contribution in [2.45, 2.75) is 17.8 Å². The lowest BCUT2D eigenvalue weighted by atomic mass is 10.0. The van der Waals surface area contributed by atoms with Crippen LogP contribution in [0.5, 0.6) is 0 Å². The molecular formula is C16H15BrN2O4S. The van der Waals surface area contributed by atoms with Crippen LogP contribution in [0.15, 0.2) is 41.6 Å². The summed E-state index contributed by atoms with van der Waals surface area (Å²) in [7, 11) is 0. The van der Waals surface area contributed by atoms with Crippen LogP contribution in [0.3, 0.4) is 0 Å². The van der Waals surface area contributed by atoms with Crippen LogP contribution < -0.4 is 5.32 Å². The number of nitrogens with one attached hydrogen (secondary N) is 1. The van der Waals surface area contributed by atoms with Crippen LogP contribution in [0.25, 0.3) is 0 Å². The van der Waals surface area contributed by atoms with E-state index in [9.17, 15) is 19.5 Å². The molecule has 126 valence electrons. The maximum Gasteiger partial charge on any atom is 0.352 e. The lowest BCUT2D eigenvalue weighted by Gasteiger charge is -2.49. The van der Waals surface area contributed by atoms with E-state index in [0.29, 0.717) is 16.7 Å². The maximum atomic E-state index is 12.3. The summed E-state index contributed by atoms with van der Waals surface area (Å²) >= 11 is 4.73. The van der Waals surface area contributed by atoms with Crippen LogP contribution in [0.1, 0.15) is 5.56 Å². The zero-order valence-corrected chi connectivity index (χ0v) is 15.0. The summed E-state index contributed by atoms with van der Waals surface area (Å²) in [6, 6.07) is 8.59. The molecule has 1 aromatic carbocycles. The molecule has 2 N–H and O–H groups in total. The van der Waals surface area contributed by atoms with Gasteiger partial charge < -0.3 is 10.4 Å². The number of aliphatic carboxylic acids is 1. The fraction of sp³-hybridized carbons (Fsp3) is 0.312. The first-order chi connectivity index (χ1) is 11.5. The minimum absolute atomic E-state index is 0.0363. The molecule has 0 aromatic heterocycles. The van der Waals surface area contributed by atoms with Crippen molar-refractivity contribution in [2.75, 3.05) is 11.1 Å². The maximum absolute atomic E-state index is 12.3. The Balaban J connectivity index is 1.69. The van der Waals surface area contributed by atoms with Gasteiger partial charge in [-0.1, -0.05) is 46.3 Å². The fourth-order valence-electron chi connectivity index (χ4n) is 2.79. The Hall–Kier alpha value is -1.80. The van der Waals surface area contributed by atoms with Crippen LogP contribution in [-0.2, 0) is 20.8 Å². The summed E-state index contributed by atoms with van der Waals surface area (Å²) in [5, 5.41) is 12.2. The van der Waals surface area contributed by atoms with Crippen molar-refractivity contribution in [1.82, 2.24) is 10.2 Å². The highest BCUT2D eigenvalue weighted by molar-refractivity contribution is 9.09. The van der Waals surface area contributed by atoms with E-state index >= 15 is 0 Å². The van der Waals surface area contributed by atoms with Crippen LogP contribution >= 0.6 is 27.7 Å². The van der Waals surface area contributed by atoms with Gasteiger partial charge in [-0.15, -0.1) is 11.8 Å². The van der Waals surface area contributed by atoms with Gasteiger partial charge in [-0.25, -0.2) is 4.79 Å². The highest BCUT2D eigenvalue weighted by Crippen LogP contribution is 2.40. The number of hydrogen-bond acceptors (Lipinski definition) is 4. The fourth-order valence-corrected chi connectivity index (χ4v) is 4.86. The number of amides is 2. The van der Waals surface area contributed by atoms with E-state index in [1.807, 2.05) is 30.3 Å². The summed E-state index contributed by atoms with van der Waals surface area (Å²) in [6.07, 6.45) is 0.191. The molecule has 1 aromatic rings. The van der Waals surface area contributed by atoms with E-state index < -0.39 is 12.0 Å². The number of β-lactam (4-membered cyclic amide) rings is 1. The number of hydrogen-bond donors (Lipinski definition) is 2. The number of thioether (sulfide) groups is 1. The molecule has 0 aliphatic carbocycles. The number of carboxylic acid groups (broad SMARTS) is 1. The average molecular weight is 411 g/mol. The van der Waals surface area contributed by atoms with Gasteiger partial charge in [-0.05, 0) is 11.1 Å². The van der Waals surface area contributed by atoms with Crippen LogP contribution in [-0.4, -0.2) is 50.3 Å². The molecule has 0 unspecified atom stereocenters. The minimum Gasteiger partial charge on any atom is -0.477 e. The Kier molecular flexibility index (Phi) is 4.96. The number of rotatable bonds is 5. The third-order valence-corrected chi connectivity index (χ3v) is 5.95. The zero-order valence-electron chi connectivity index (χ0n) is 12.6. The highest BCUT2D eigenvalue weighted by Gasteiger charge is 2.53. The molecule has 6 nitrogen and oxygen atoms in total. The molecule has 0 spiro atoms. The topological polar surface area (TPSA) is 86.7 Å². The van der Waals surface area contributed by atoms with Gasteiger partial charge in [0.2, 0.25) is 5.91 Å². The van der Waals surface area contributed by atoms with Gasteiger partial charge in [-0.2, -0.15) is 0 Å². The highest BCUT2D eigenvalue weighted by atomic mass is 79.9. The number of alkyl halides is 1. The molecule has 2 atom stereocenters. The molecule has 8 heteroatoms. The third-order valence-electron chi connectivity index (χ3n) is 3.94. The summed E-state index contributed by atoms with van der Waals surface area (Å²) < 4.78 is 0. The second-order valence-corrected chi connectivity index (χ2v) is 7.17. The number of carbonyl (C=O) groups is 3. The monoisotopic (exact) mass is 410 g/mol. The van der Waals surface area contributed by atoms with Gasteiger partial charge in [0.1, 0.15) is 17.1 Å². The van der Waals surface area contributed by atoms with Crippen molar-refractivity contribution >= 4 is 45.5 Å². The van der Waals surface area contributed by atoms with Crippen molar-refractivity contribution in [2.24, 2.45) is 0 Å². The molecule has 24 heavy (non-hydrogen) atoms. The van der Waals surface area contributed by atoms with Gasteiger partial charge in [0.15, 0.2) is 0 Å². The Labute approximate surface area is 151 Å². The summed E-state index contributed by atoms with van der Waals surface area (Å²) in [5.41, 5.74) is 1.57. The Morgan fingerprint density at radius 3 is 2.67 bits per heavy atom. The number of benzene rings is 1. The van der Waals surface area contributed by atoms with Gasteiger partial charge >= 0.3 is 5.97 Å². The predicted octanol–water partition coefficient (Wildman–Crippen LogP) is 1.36. The average Bonchev–Trinajstić information content (AvgIpc) is 2.58. The SMILES string of the molecule is O=C(Cc1ccccc1)N[C@@H]1C(=O)N2C(C(=O)O)=C(CBr)CS[C@@H]12. The van der Waals surface area contributed by atoms with Crippen molar-refractivity contribution in [3.8, 4) is 0 Å². The van der Waals surface area contributed by atoms with Crippen LogP contribution in [0.4, 0.5) is 0 Å². The normalized spacial score (nSPS) is 22.7. The Bertz CT molecular complexity index is 722. The van der Waals surface area contributed by atoms with Gasteiger partial charge in [0.05, 0.1) is 6.42 Å². The molecule has 2 heterocycles. The molecule has 0 radical (unpaired) electrons. The molecule has 2 aliphatic rings. The van der Waals surface area contributed by atoms with E-state index in [4.69, 9.17) is 0 Å². The quantitative estimate of drug-likeness (QED) is 0.565. The molecule has 1 fully saturated rings. The summed E-state index contributed by atoms with van der Waals surface area (Å²) in [6.45, 7) is 0. The molecule has 0 bridgehead atoms. The zero-order chi connectivity index (χ0) is 17.3. The summed E-state index contributed by atoms with van der Waals surface area (Å²) in [4.78, 5) is 37.2. The smallest absolute Gasteiger partial charge is 0.352 e. The van der Waals surface area contributed by atoms with Crippen molar-refractivity contribution in [3.05, 3.63) is 47.2 Å². The summed E-state index contributed by atoms with van der Waals surface area (Å²) in [5.74, 6) is -1.21. The number of nitrogens with zero attached hydrogens (tertiary/aromatic N) is 1. The van der Waals surface area contributed by atoms with Gasteiger partial charge in [0, 0.05) is 11.1 Å². The standard InChI is InChI=1S/C16H15BrN2O4S/c17-7-10-8-24-15-12(14(21)19(15)13(10)16(22)23)18-11(20)6-9-4-2-1-3-5-9/h1-5,12,15H,6-8H2,(H,18,20)(H,22,23)/t12-,15+/m1/s1. The number of fused-ring (bicyclic) bond motifs is 1. The lowest BCUT2D eigenvalue weighted by Crippen LogP contribution is -2.70. The molecule has 2 aliphatic heterocycles. The first-order valence-electron chi connectivity index (χ1n) is 7.32. The second kappa shape index (κ2) is 6.98. The van der Waals surface area contributed by atoms with Crippen LogP contribution in [0, 0.1) is 0 Å². The minimum atomic E-state index is -1.11. The molecule has 3 rings (SSSR count). The molecular weight excluding hydrogens is 396 g/mol. The van der Waals surface area contributed by atoms with Gasteiger partial charge in [-0.3, -0.25) is 14.5 Å². The van der Waals surface area contributed by atoms with Crippen molar-refractivity contribution < 1.29 is 19.5 Å². The lowest BCUT2D eigenvalue weighted by molar-refractivity contribution is -0.150. The largest absolute Gasteiger partial charge is 0.477 e. The Morgan fingerprint density at radius 2 is 2.04 bits per heavy atom. The third kappa shape index (κ3) is 3.08. The number of halogens is 1. The predicted molar refractivity (Wildman–Crippen MR) is 93.6 cm³/mol. The number of carboxylic acids is 1. The number of carbonyl (C=O) groups excluding carboxylic acids is 2. The van der Waals surface area contributed by atoms with Gasteiger partial charge in [0.25, 0.3) is 5.91 Å². The molecule has 0 saturated carbocycles. The molecule has 2 amide bonds. The Morgan fingerprint density at radius 1 is 1.33 bits per heavy atom. The van der Waals surface area contributed by atoms with Crippen LogP contribution in [0.2, 0.25) is 0 Å². The molecule has 1 saturated heterocycles. The van der Waals surface area contributed by atoms with E-state index in [-0.39, 0.29) is 29.3 Å². The second-order valence-electron chi connectivity index (χ2n) is 5.51. The van der Waals surface area contributed by atoms with Crippen molar-refractivity contribution in [1.29, 1.82) is 0 Å². The van der Waals surface area contributed by atoms with E-state index in [1.165, 1.54) is 16.7 Å².